The molecule has 3 N–H and O–H groups in total. The fourth-order valence-electron chi connectivity index (χ4n) is 3.16. The summed E-state index contributed by atoms with van der Waals surface area (Å²) in [5, 5.41) is 5.50. The van der Waals surface area contributed by atoms with E-state index in [1.165, 1.54) is 4.88 Å². The molecule has 0 saturated heterocycles. The van der Waals surface area contributed by atoms with Gasteiger partial charge in [-0.15, -0.1) is 11.3 Å². The number of thiophene rings is 1. The minimum Gasteiger partial charge on any atom is -0.368 e. The van der Waals surface area contributed by atoms with E-state index in [-0.39, 0.29) is 5.91 Å². The van der Waals surface area contributed by atoms with E-state index in [1.54, 1.807) is 11.3 Å². The molecule has 0 unspecified atom stereocenters. The summed E-state index contributed by atoms with van der Waals surface area (Å²) in [7, 11) is 0. The van der Waals surface area contributed by atoms with Crippen LogP contribution in [0.1, 0.15) is 51.3 Å². The van der Waals surface area contributed by atoms with Crippen LogP contribution >= 0.6 is 11.3 Å². The SMILES string of the molecule is CC(C)(C)C1CCC(NCc2cccs2)(C(N)=O)CC1. The highest BCUT2D eigenvalue weighted by molar-refractivity contribution is 7.09. The van der Waals surface area contributed by atoms with Gasteiger partial charge in [0.05, 0.1) is 5.54 Å². The summed E-state index contributed by atoms with van der Waals surface area (Å²) in [6, 6.07) is 4.13. The van der Waals surface area contributed by atoms with Crippen molar-refractivity contribution in [2.75, 3.05) is 0 Å². The highest BCUT2D eigenvalue weighted by Gasteiger charge is 2.42. The Bertz CT molecular complexity index is 440. The number of nitrogens with one attached hydrogen (secondary N) is 1. The quantitative estimate of drug-likeness (QED) is 0.895. The number of carbonyl (C=O) groups is 1. The summed E-state index contributed by atoms with van der Waals surface area (Å²) < 4.78 is 0. The molecule has 2 rings (SSSR count). The van der Waals surface area contributed by atoms with Crippen LogP contribution in [0.5, 0.6) is 0 Å². The number of hydrogen-bond acceptors (Lipinski definition) is 3. The number of hydrogen-bond donors (Lipinski definition) is 2. The molecule has 0 atom stereocenters. The normalized spacial score (nSPS) is 27.4. The van der Waals surface area contributed by atoms with Gasteiger partial charge in [0.25, 0.3) is 0 Å². The van der Waals surface area contributed by atoms with Gasteiger partial charge in [-0.25, -0.2) is 0 Å². The van der Waals surface area contributed by atoms with Crippen molar-refractivity contribution >= 4 is 17.2 Å². The zero-order valence-corrected chi connectivity index (χ0v) is 13.6. The lowest BCUT2D eigenvalue weighted by Gasteiger charge is -2.42. The van der Waals surface area contributed by atoms with Gasteiger partial charge < -0.3 is 5.73 Å². The molecule has 0 aliphatic heterocycles. The van der Waals surface area contributed by atoms with Gasteiger partial charge in [0, 0.05) is 11.4 Å². The molecule has 112 valence electrons. The Kier molecular flexibility index (Phi) is 4.55. The second kappa shape index (κ2) is 5.86. The first kappa shape index (κ1) is 15.5. The monoisotopic (exact) mass is 294 g/mol. The molecular weight excluding hydrogens is 268 g/mol. The standard InChI is InChI=1S/C16H26N2OS/c1-15(2,3)12-6-8-16(9-7-12,14(17)19)18-11-13-5-4-10-20-13/h4-5,10,12,18H,6-9,11H2,1-3H3,(H2,17,19). The topological polar surface area (TPSA) is 55.1 Å². The Labute approximate surface area is 125 Å². The maximum atomic E-state index is 12.0. The number of nitrogens with two attached hydrogens (primary N) is 1. The van der Waals surface area contributed by atoms with E-state index in [0.29, 0.717) is 11.3 Å². The third-order valence-corrected chi connectivity index (χ3v) is 5.59. The summed E-state index contributed by atoms with van der Waals surface area (Å²) >= 11 is 1.71. The number of primary amides is 1. The summed E-state index contributed by atoms with van der Waals surface area (Å²) in [6.45, 7) is 7.59. The van der Waals surface area contributed by atoms with Crippen molar-refractivity contribution in [3.8, 4) is 0 Å². The first-order valence-electron chi connectivity index (χ1n) is 7.41. The number of rotatable bonds is 4. The van der Waals surface area contributed by atoms with Crippen molar-refractivity contribution in [3.05, 3.63) is 22.4 Å². The fraction of sp³-hybridized carbons (Fsp3) is 0.688. The minimum absolute atomic E-state index is 0.193. The molecule has 1 saturated carbocycles. The van der Waals surface area contributed by atoms with Gasteiger partial charge >= 0.3 is 0 Å². The van der Waals surface area contributed by atoms with E-state index < -0.39 is 5.54 Å². The maximum Gasteiger partial charge on any atom is 0.237 e. The van der Waals surface area contributed by atoms with E-state index in [4.69, 9.17) is 5.73 Å². The summed E-state index contributed by atoms with van der Waals surface area (Å²) in [5.74, 6) is 0.486. The first-order valence-corrected chi connectivity index (χ1v) is 8.29. The van der Waals surface area contributed by atoms with Crippen LogP contribution in [-0.2, 0) is 11.3 Å². The molecule has 3 nitrogen and oxygen atoms in total. The van der Waals surface area contributed by atoms with Crippen LogP contribution < -0.4 is 11.1 Å². The minimum atomic E-state index is -0.508. The Hall–Kier alpha value is -0.870. The molecular formula is C16H26N2OS. The highest BCUT2D eigenvalue weighted by atomic mass is 32.1. The van der Waals surface area contributed by atoms with E-state index in [9.17, 15) is 4.79 Å². The maximum absolute atomic E-state index is 12.0. The van der Waals surface area contributed by atoms with E-state index >= 15 is 0 Å². The zero-order chi connectivity index (χ0) is 14.8. The average Bonchev–Trinajstić information content (AvgIpc) is 2.88. The molecule has 1 aromatic heterocycles. The molecule has 1 aromatic rings. The number of carbonyl (C=O) groups excluding carboxylic acids is 1. The van der Waals surface area contributed by atoms with Crippen molar-refractivity contribution < 1.29 is 4.79 Å². The van der Waals surface area contributed by atoms with Gasteiger partial charge in [0.15, 0.2) is 0 Å². The van der Waals surface area contributed by atoms with Crippen molar-refractivity contribution in [3.63, 3.8) is 0 Å². The predicted molar refractivity (Wildman–Crippen MR) is 84.5 cm³/mol. The lowest BCUT2D eigenvalue weighted by molar-refractivity contribution is -0.126. The van der Waals surface area contributed by atoms with Crippen LogP contribution in [0.4, 0.5) is 0 Å². The van der Waals surface area contributed by atoms with Gasteiger partial charge in [-0.05, 0) is 48.5 Å². The fourth-order valence-corrected chi connectivity index (χ4v) is 3.80. The van der Waals surface area contributed by atoms with Crippen molar-refractivity contribution in [1.29, 1.82) is 0 Å². The van der Waals surface area contributed by atoms with E-state index in [0.717, 1.165) is 32.2 Å². The van der Waals surface area contributed by atoms with Gasteiger partial charge in [-0.2, -0.15) is 0 Å². The van der Waals surface area contributed by atoms with Gasteiger partial charge in [-0.3, -0.25) is 10.1 Å². The van der Waals surface area contributed by atoms with E-state index in [2.05, 4.69) is 37.5 Å². The van der Waals surface area contributed by atoms with E-state index in [1.807, 2.05) is 6.07 Å². The molecule has 1 heterocycles. The Balaban J connectivity index is 2.00. The molecule has 4 heteroatoms. The van der Waals surface area contributed by atoms with Crippen molar-refractivity contribution in [2.45, 2.75) is 58.5 Å². The highest BCUT2D eigenvalue weighted by Crippen LogP contribution is 2.41. The molecule has 1 aliphatic rings. The van der Waals surface area contributed by atoms with Crippen molar-refractivity contribution in [1.82, 2.24) is 5.32 Å². The van der Waals surface area contributed by atoms with Crippen LogP contribution in [-0.4, -0.2) is 11.4 Å². The lowest BCUT2D eigenvalue weighted by Crippen LogP contribution is -2.57. The summed E-state index contributed by atoms with van der Waals surface area (Å²) in [5.41, 5.74) is 5.51. The second-order valence-corrected chi connectivity index (χ2v) is 8.05. The smallest absolute Gasteiger partial charge is 0.237 e. The summed E-state index contributed by atoms with van der Waals surface area (Å²) in [4.78, 5) is 13.2. The third kappa shape index (κ3) is 3.41. The third-order valence-electron chi connectivity index (χ3n) is 4.72. The van der Waals surface area contributed by atoms with Gasteiger partial charge in [-0.1, -0.05) is 26.8 Å². The molecule has 0 spiro atoms. The van der Waals surface area contributed by atoms with Crippen LogP contribution in [0.25, 0.3) is 0 Å². The summed E-state index contributed by atoms with van der Waals surface area (Å²) in [6.07, 6.45) is 3.86. The average molecular weight is 294 g/mol. The van der Waals surface area contributed by atoms with Crippen LogP contribution in [0.2, 0.25) is 0 Å². The zero-order valence-electron chi connectivity index (χ0n) is 12.7. The van der Waals surface area contributed by atoms with Crippen LogP contribution in [0.3, 0.4) is 0 Å². The Morgan fingerprint density at radius 1 is 1.45 bits per heavy atom. The molecule has 0 aromatic carbocycles. The Morgan fingerprint density at radius 3 is 2.55 bits per heavy atom. The molecule has 20 heavy (non-hydrogen) atoms. The largest absolute Gasteiger partial charge is 0.368 e. The molecule has 0 bridgehead atoms. The first-order chi connectivity index (χ1) is 9.33. The molecule has 0 radical (unpaired) electrons. The van der Waals surface area contributed by atoms with Crippen LogP contribution in [0.15, 0.2) is 17.5 Å². The lowest BCUT2D eigenvalue weighted by atomic mass is 9.67. The Morgan fingerprint density at radius 2 is 2.10 bits per heavy atom. The molecule has 1 fully saturated rings. The van der Waals surface area contributed by atoms with Crippen molar-refractivity contribution in [2.24, 2.45) is 17.1 Å². The molecule has 1 amide bonds. The molecule has 1 aliphatic carbocycles. The van der Waals surface area contributed by atoms with Gasteiger partial charge in [0.2, 0.25) is 5.91 Å². The van der Waals surface area contributed by atoms with Gasteiger partial charge in [0.1, 0.15) is 0 Å². The number of amides is 1. The second-order valence-electron chi connectivity index (χ2n) is 7.02. The van der Waals surface area contributed by atoms with Crippen LogP contribution in [0, 0.1) is 11.3 Å². The predicted octanol–water partition coefficient (Wildman–Crippen LogP) is 3.30.